The van der Waals surface area contributed by atoms with Crippen LogP contribution in [0.5, 0.6) is 0 Å². The highest BCUT2D eigenvalue weighted by Crippen LogP contribution is 2.38. The average molecular weight is 358 g/mol. The van der Waals surface area contributed by atoms with Gasteiger partial charge in [-0.3, -0.25) is 4.79 Å². The van der Waals surface area contributed by atoms with Gasteiger partial charge in [0.25, 0.3) is 0 Å². The topological polar surface area (TPSA) is 71.4 Å². The van der Waals surface area contributed by atoms with Gasteiger partial charge in [-0.2, -0.15) is 0 Å². The van der Waals surface area contributed by atoms with Crippen LogP contribution >= 0.6 is 0 Å². The van der Waals surface area contributed by atoms with E-state index in [0.29, 0.717) is 22.3 Å². The van der Waals surface area contributed by atoms with Crippen molar-refractivity contribution in [3.8, 4) is 0 Å². The van der Waals surface area contributed by atoms with Gasteiger partial charge in [-0.25, -0.2) is 12.8 Å². The third-order valence-corrected chi connectivity index (χ3v) is 5.14. The number of carboxylic acids is 1. The molecule has 1 unspecified atom stereocenters. The molecule has 2 aromatic rings. The van der Waals surface area contributed by atoms with E-state index in [4.69, 9.17) is 0 Å². The number of benzene rings is 2. The number of hydrogen-bond donors (Lipinski definition) is 1. The molecule has 0 heterocycles. The molecule has 0 aromatic heterocycles. The van der Waals surface area contributed by atoms with Crippen LogP contribution in [0, 0.1) is 11.7 Å². The van der Waals surface area contributed by atoms with Crippen LogP contribution in [0.25, 0.3) is 11.1 Å². The molecule has 1 aliphatic rings. The number of halogens is 1. The van der Waals surface area contributed by atoms with Crippen molar-refractivity contribution in [1.82, 2.24) is 0 Å². The number of hydrogen-bond acceptors (Lipinski definition) is 3. The van der Waals surface area contributed by atoms with Gasteiger partial charge in [0.1, 0.15) is 5.82 Å². The molecule has 2 aromatic carbocycles. The summed E-state index contributed by atoms with van der Waals surface area (Å²) in [5, 5.41) is 9.31. The van der Waals surface area contributed by atoms with Gasteiger partial charge in [0.05, 0.1) is 10.8 Å². The summed E-state index contributed by atoms with van der Waals surface area (Å²) in [6.07, 6.45) is 4.34. The molecule has 1 atom stereocenters. The van der Waals surface area contributed by atoms with Crippen LogP contribution in [0.15, 0.2) is 65.6 Å². The van der Waals surface area contributed by atoms with E-state index < -0.39 is 21.7 Å². The number of rotatable bonds is 4. The van der Waals surface area contributed by atoms with E-state index >= 15 is 0 Å². The maximum Gasteiger partial charge on any atom is 0.314 e. The molecule has 0 radical (unpaired) electrons. The van der Waals surface area contributed by atoms with Crippen molar-refractivity contribution >= 4 is 27.0 Å². The van der Waals surface area contributed by atoms with E-state index in [2.05, 4.69) is 0 Å². The summed E-state index contributed by atoms with van der Waals surface area (Å²) in [4.78, 5) is 11.6. The Balaban J connectivity index is 2.05. The number of carboxylic acid groups (broad SMARTS) is 1. The highest BCUT2D eigenvalue weighted by Gasteiger charge is 2.24. The van der Waals surface area contributed by atoms with Crippen molar-refractivity contribution < 1.29 is 22.7 Å². The highest BCUT2D eigenvalue weighted by molar-refractivity contribution is 7.90. The average Bonchev–Trinajstić information content (AvgIpc) is 3.00. The molecule has 6 heteroatoms. The lowest BCUT2D eigenvalue weighted by Crippen LogP contribution is -2.05. The second-order valence-electron chi connectivity index (χ2n) is 5.83. The fraction of sp³-hybridized carbons (Fsp3) is 0.105. The zero-order valence-corrected chi connectivity index (χ0v) is 14.1. The van der Waals surface area contributed by atoms with Crippen LogP contribution in [-0.2, 0) is 14.6 Å². The third-order valence-electron chi connectivity index (χ3n) is 4.02. The summed E-state index contributed by atoms with van der Waals surface area (Å²) < 4.78 is 36.3. The Morgan fingerprint density at radius 3 is 1.76 bits per heavy atom. The van der Waals surface area contributed by atoms with Gasteiger partial charge in [0.15, 0.2) is 9.84 Å². The third kappa shape index (κ3) is 3.53. The summed E-state index contributed by atoms with van der Waals surface area (Å²) >= 11 is 0. The van der Waals surface area contributed by atoms with Crippen LogP contribution in [-0.4, -0.2) is 25.7 Å². The van der Waals surface area contributed by atoms with Crippen molar-refractivity contribution in [3.63, 3.8) is 0 Å². The van der Waals surface area contributed by atoms with E-state index in [9.17, 15) is 22.7 Å². The maximum atomic E-state index is 13.2. The Hall–Kier alpha value is -2.73. The van der Waals surface area contributed by atoms with Gasteiger partial charge in [0.2, 0.25) is 0 Å². The van der Waals surface area contributed by atoms with Crippen molar-refractivity contribution in [2.75, 3.05) is 6.26 Å². The normalized spacial score (nSPS) is 17.1. The molecular formula is C19H15FO4S. The Bertz CT molecular complexity index is 985. The Kier molecular flexibility index (Phi) is 4.30. The van der Waals surface area contributed by atoms with Gasteiger partial charge in [0, 0.05) is 6.26 Å². The number of allylic oxidation sites excluding steroid dienone is 2. The molecule has 0 fully saturated rings. The molecule has 0 spiro atoms. The molecule has 0 bridgehead atoms. The molecule has 128 valence electrons. The van der Waals surface area contributed by atoms with Crippen molar-refractivity contribution in [3.05, 3.63) is 77.6 Å². The van der Waals surface area contributed by atoms with E-state index in [1.54, 1.807) is 36.4 Å². The van der Waals surface area contributed by atoms with Gasteiger partial charge in [-0.05, 0) is 46.5 Å². The lowest BCUT2D eigenvalue weighted by atomic mass is 9.95. The van der Waals surface area contributed by atoms with Crippen LogP contribution in [0.4, 0.5) is 4.39 Å². The summed E-state index contributed by atoms with van der Waals surface area (Å²) in [5.74, 6) is -2.15. The van der Waals surface area contributed by atoms with Gasteiger partial charge < -0.3 is 5.11 Å². The molecule has 0 saturated carbocycles. The summed E-state index contributed by atoms with van der Waals surface area (Å²) in [6, 6.07) is 12.1. The number of aliphatic carboxylic acids is 1. The Morgan fingerprint density at radius 2 is 1.36 bits per heavy atom. The first kappa shape index (κ1) is 17.1. The molecule has 1 N–H and O–H groups in total. The minimum Gasteiger partial charge on any atom is -0.481 e. The zero-order valence-electron chi connectivity index (χ0n) is 13.3. The lowest BCUT2D eigenvalue weighted by molar-refractivity contribution is -0.138. The quantitative estimate of drug-likeness (QED) is 0.909. The standard InChI is InChI=1S/C19H15FO4S/c1-25(23,24)16-8-4-13(5-9-16)18-11-14(19(21)22)10-17(18)12-2-6-15(20)7-3-12/h2-11,14H,1H3,(H,21,22). The second kappa shape index (κ2) is 6.29. The summed E-state index contributed by atoms with van der Waals surface area (Å²) in [7, 11) is -3.31. The number of sulfone groups is 1. The van der Waals surface area contributed by atoms with Crippen molar-refractivity contribution in [1.29, 1.82) is 0 Å². The molecule has 25 heavy (non-hydrogen) atoms. The predicted octanol–water partition coefficient (Wildman–Crippen LogP) is 3.41. The lowest BCUT2D eigenvalue weighted by Gasteiger charge is -2.10. The number of carbonyl (C=O) groups is 1. The smallest absolute Gasteiger partial charge is 0.314 e. The Labute approximate surface area is 144 Å². The highest BCUT2D eigenvalue weighted by atomic mass is 32.2. The van der Waals surface area contributed by atoms with E-state index in [1.807, 2.05) is 0 Å². The van der Waals surface area contributed by atoms with Crippen LogP contribution < -0.4 is 0 Å². The largest absolute Gasteiger partial charge is 0.481 e. The molecular weight excluding hydrogens is 343 g/mol. The van der Waals surface area contributed by atoms with Crippen molar-refractivity contribution in [2.45, 2.75) is 4.90 Å². The predicted molar refractivity (Wildman–Crippen MR) is 93.0 cm³/mol. The molecule has 4 nitrogen and oxygen atoms in total. The first-order valence-corrected chi connectivity index (χ1v) is 9.38. The maximum absolute atomic E-state index is 13.2. The fourth-order valence-electron chi connectivity index (χ4n) is 2.74. The second-order valence-corrected chi connectivity index (χ2v) is 7.84. The van der Waals surface area contributed by atoms with Gasteiger partial charge >= 0.3 is 5.97 Å². The van der Waals surface area contributed by atoms with Crippen LogP contribution in [0.2, 0.25) is 0 Å². The molecule has 0 amide bonds. The van der Waals surface area contributed by atoms with Crippen LogP contribution in [0.1, 0.15) is 11.1 Å². The SMILES string of the molecule is CS(=O)(=O)c1ccc(C2=CC(C(=O)O)C=C2c2ccc(F)cc2)cc1. The fourth-order valence-corrected chi connectivity index (χ4v) is 3.37. The molecule has 1 aliphatic carbocycles. The molecule has 3 rings (SSSR count). The minimum absolute atomic E-state index is 0.192. The van der Waals surface area contributed by atoms with Crippen LogP contribution in [0.3, 0.4) is 0 Å². The Morgan fingerprint density at radius 1 is 0.920 bits per heavy atom. The van der Waals surface area contributed by atoms with E-state index in [1.165, 1.54) is 24.3 Å². The first-order valence-electron chi connectivity index (χ1n) is 7.49. The van der Waals surface area contributed by atoms with E-state index in [-0.39, 0.29) is 10.7 Å². The van der Waals surface area contributed by atoms with Crippen molar-refractivity contribution in [2.24, 2.45) is 5.92 Å². The monoisotopic (exact) mass is 358 g/mol. The zero-order chi connectivity index (χ0) is 18.2. The van der Waals surface area contributed by atoms with Gasteiger partial charge in [-0.15, -0.1) is 0 Å². The minimum atomic E-state index is -3.31. The summed E-state index contributed by atoms with van der Waals surface area (Å²) in [6.45, 7) is 0. The van der Waals surface area contributed by atoms with E-state index in [0.717, 1.165) is 6.26 Å². The molecule has 0 saturated heterocycles. The van der Waals surface area contributed by atoms with Gasteiger partial charge in [-0.1, -0.05) is 36.4 Å². The summed E-state index contributed by atoms with van der Waals surface area (Å²) in [5.41, 5.74) is 2.76. The molecule has 0 aliphatic heterocycles. The first-order chi connectivity index (χ1) is 11.8.